The van der Waals surface area contributed by atoms with Crippen LogP contribution in [0.5, 0.6) is 5.75 Å². The number of nitrogens with zero attached hydrogens (tertiary/aromatic N) is 3. The molecule has 2 heterocycles. The van der Waals surface area contributed by atoms with Gasteiger partial charge < -0.3 is 15.4 Å². The number of amides is 1. The Balaban J connectivity index is 1.90. The van der Waals surface area contributed by atoms with E-state index in [-0.39, 0.29) is 17.4 Å². The molecule has 8 heteroatoms. The van der Waals surface area contributed by atoms with Crippen molar-refractivity contribution in [3.8, 4) is 23.8 Å². The minimum absolute atomic E-state index is 0.215. The molecule has 0 aliphatic heterocycles. The van der Waals surface area contributed by atoms with Gasteiger partial charge in [-0.25, -0.2) is 4.98 Å². The van der Waals surface area contributed by atoms with Gasteiger partial charge in [0.15, 0.2) is 5.65 Å². The van der Waals surface area contributed by atoms with Gasteiger partial charge in [-0.1, -0.05) is 24.1 Å². The molecule has 0 aliphatic carbocycles. The van der Waals surface area contributed by atoms with Crippen LogP contribution in [0.2, 0.25) is 0 Å². The molecule has 0 saturated heterocycles. The van der Waals surface area contributed by atoms with E-state index in [4.69, 9.17) is 11.2 Å². The van der Waals surface area contributed by atoms with Crippen molar-refractivity contribution in [3.63, 3.8) is 0 Å². The van der Waals surface area contributed by atoms with Crippen LogP contribution in [0.1, 0.15) is 12.5 Å². The standard InChI is InChI=1S/C24H19N5O3/c1-4-16-12-22(31)29(18-9-7-8-17(13-18)26-15(2)30)23-19(16)14-25-24(28-23)27-20-10-5-6-11-21(20)32-3/h1,5-14H,2-3H3,(H,26,30)(H,25,27,28). The lowest BCUT2D eigenvalue weighted by Crippen LogP contribution is -2.20. The Hall–Kier alpha value is -4.64. The third-order valence-electron chi connectivity index (χ3n) is 4.69. The van der Waals surface area contributed by atoms with E-state index in [1.165, 1.54) is 17.6 Å². The van der Waals surface area contributed by atoms with Gasteiger partial charge >= 0.3 is 0 Å². The van der Waals surface area contributed by atoms with E-state index in [0.717, 1.165) is 0 Å². The summed E-state index contributed by atoms with van der Waals surface area (Å²) in [5, 5.41) is 6.38. The minimum atomic E-state index is -0.354. The van der Waals surface area contributed by atoms with Crippen molar-refractivity contribution in [2.45, 2.75) is 6.92 Å². The molecule has 32 heavy (non-hydrogen) atoms. The number of carbonyl (C=O) groups is 1. The molecule has 1 amide bonds. The second-order valence-corrected chi connectivity index (χ2v) is 6.86. The number of benzene rings is 2. The highest BCUT2D eigenvalue weighted by molar-refractivity contribution is 5.89. The van der Waals surface area contributed by atoms with Gasteiger partial charge in [-0.3, -0.25) is 14.2 Å². The second-order valence-electron chi connectivity index (χ2n) is 6.86. The first kappa shape index (κ1) is 20.6. The number of hydrogen-bond acceptors (Lipinski definition) is 6. The van der Waals surface area contributed by atoms with E-state index < -0.39 is 0 Å². The molecule has 8 nitrogen and oxygen atoms in total. The average Bonchev–Trinajstić information content (AvgIpc) is 2.78. The van der Waals surface area contributed by atoms with Crippen LogP contribution in [0.25, 0.3) is 16.7 Å². The summed E-state index contributed by atoms with van der Waals surface area (Å²) in [5.74, 6) is 3.19. The molecule has 4 aromatic rings. The molecule has 2 N–H and O–H groups in total. The van der Waals surface area contributed by atoms with Crippen LogP contribution >= 0.6 is 0 Å². The Labute approximate surface area is 183 Å². The van der Waals surface area contributed by atoms with Gasteiger partial charge in [-0.15, -0.1) is 6.42 Å². The van der Waals surface area contributed by atoms with E-state index >= 15 is 0 Å². The average molecular weight is 425 g/mol. The predicted molar refractivity (Wildman–Crippen MR) is 124 cm³/mol. The Kier molecular flexibility index (Phi) is 5.55. The molecule has 0 atom stereocenters. The van der Waals surface area contributed by atoms with Crippen LogP contribution in [0.4, 0.5) is 17.3 Å². The molecule has 158 valence electrons. The first-order valence-electron chi connectivity index (χ1n) is 9.67. The Morgan fingerprint density at radius 3 is 2.72 bits per heavy atom. The highest BCUT2D eigenvalue weighted by Gasteiger charge is 2.14. The van der Waals surface area contributed by atoms with Gasteiger partial charge in [0.05, 0.1) is 23.9 Å². The van der Waals surface area contributed by atoms with E-state index in [0.29, 0.717) is 39.4 Å². The molecule has 4 rings (SSSR count). The van der Waals surface area contributed by atoms with Crippen LogP contribution in [-0.2, 0) is 4.79 Å². The summed E-state index contributed by atoms with van der Waals surface area (Å²) in [5.41, 5.74) is 2.12. The fraction of sp³-hybridized carbons (Fsp3) is 0.0833. The molecule has 0 spiro atoms. The number of nitrogens with one attached hydrogen (secondary N) is 2. The first-order valence-corrected chi connectivity index (χ1v) is 9.67. The molecule has 2 aromatic carbocycles. The lowest BCUT2D eigenvalue weighted by atomic mass is 10.1. The van der Waals surface area contributed by atoms with Crippen molar-refractivity contribution >= 4 is 34.3 Å². The summed E-state index contributed by atoms with van der Waals surface area (Å²) in [7, 11) is 1.57. The Bertz CT molecular complexity index is 1440. The van der Waals surface area contributed by atoms with Crippen LogP contribution < -0.4 is 20.9 Å². The van der Waals surface area contributed by atoms with Gasteiger partial charge in [-0.2, -0.15) is 4.98 Å². The smallest absolute Gasteiger partial charge is 0.258 e. The van der Waals surface area contributed by atoms with Crippen molar-refractivity contribution in [2.75, 3.05) is 17.7 Å². The number of aromatic nitrogens is 3. The van der Waals surface area contributed by atoms with Crippen molar-refractivity contribution in [2.24, 2.45) is 0 Å². The lowest BCUT2D eigenvalue weighted by molar-refractivity contribution is -0.114. The summed E-state index contributed by atoms with van der Waals surface area (Å²) in [4.78, 5) is 33.4. The first-order chi connectivity index (χ1) is 15.5. The summed E-state index contributed by atoms with van der Waals surface area (Å²) >= 11 is 0. The topological polar surface area (TPSA) is 98.1 Å². The van der Waals surface area contributed by atoms with Crippen molar-refractivity contribution in [3.05, 3.63) is 76.7 Å². The maximum atomic E-state index is 13.0. The number of pyridine rings is 1. The maximum Gasteiger partial charge on any atom is 0.258 e. The normalized spacial score (nSPS) is 10.4. The van der Waals surface area contributed by atoms with Crippen molar-refractivity contribution < 1.29 is 9.53 Å². The number of terminal acetylenes is 1. The maximum absolute atomic E-state index is 13.0. The van der Waals surface area contributed by atoms with Gasteiger partial charge in [-0.05, 0) is 30.3 Å². The summed E-state index contributed by atoms with van der Waals surface area (Å²) < 4.78 is 6.79. The van der Waals surface area contributed by atoms with Gasteiger partial charge in [0.1, 0.15) is 5.75 Å². The number of anilines is 3. The monoisotopic (exact) mass is 425 g/mol. The van der Waals surface area contributed by atoms with E-state index in [1.54, 1.807) is 37.6 Å². The Morgan fingerprint density at radius 2 is 1.97 bits per heavy atom. The van der Waals surface area contributed by atoms with Crippen LogP contribution in [0, 0.1) is 12.3 Å². The fourth-order valence-corrected chi connectivity index (χ4v) is 3.33. The molecule has 0 aliphatic rings. The number of fused-ring (bicyclic) bond motifs is 1. The van der Waals surface area contributed by atoms with E-state index in [1.807, 2.05) is 24.3 Å². The fourth-order valence-electron chi connectivity index (χ4n) is 3.33. The predicted octanol–water partition coefficient (Wildman–Crippen LogP) is 3.47. The van der Waals surface area contributed by atoms with Crippen molar-refractivity contribution in [1.82, 2.24) is 14.5 Å². The minimum Gasteiger partial charge on any atom is -0.495 e. The molecule has 2 aromatic heterocycles. The summed E-state index contributed by atoms with van der Waals surface area (Å²) in [6, 6.07) is 15.6. The van der Waals surface area contributed by atoms with E-state index in [2.05, 4.69) is 26.5 Å². The highest BCUT2D eigenvalue weighted by Crippen LogP contribution is 2.27. The lowest BCUT2D eigenvalue weighted by Gasteiger charge is -2.14. The van der Waals surface area contributed by atoms with E-state index in [9.17, 15) is 9.59 Å². The quantitative estimate of drug-likeness (QED) is 0.475. The SMILES string of the molecule is C#Cc1cc(=O)n(-c2cccc(NC(C)=O)c2)c2nc(Nc3ccccc3OC)ncc12. The summed E-state index contributed by atoms with van der Waals surface area (Å²) in [6.45, 7) is 1.42. The Morgan fingerprint density at radius 1 is 1.16 bits per heavy atom. The number of hydrogen-bond donors (Lipinski definition) is 2. The molecular formula is C24H19N5O3. The molecule has 0 unspecified atom stereocenters. The van der Waals surface area contributed by atoms with Crippen molar-refractivity contribution in [1.29, 1.82) is 0 Å². The van der Waals surface area contributed by atoms with Gasteiger partial charge in [0, 0.05) is 30.4 Å². The molecule has 0 saturated carbocycles. The number of rotatable bonds is 5. The van der Waals surface area contributed by atoms with Crippen LogP contribution in [-0.4, -0.2) is 27.6 Å². The number of carbonyl (C=O) groups excluding carboxylic acids is 1. The zero-order chi connectivity index (χ0) is 22.7. The molecule has 0 radical (unpaired) electrons. The largest absolute Gasteiger partial charge is 0.495 e. The van der Waals surface area contributed by atoms with Gasteiger partial charge in [0.2, 0.25) is 11.9 Å². The number of methoxy groups -OCH3 is 1. The third kappa shape index (κ3) is 4.00. The number of ether oxygens (including phenoxy) is 1. The zero-order valence-electron chi connectivity index (χ0n) is 17.4. The van der Waals surface area contributed by atoms with Crippen LogP contribution in [0.15, 0.2) is 65.6 Å². The number of para-hydroxylation sites is 2. The third-order valence-corrected chi connectivity index (χ3v) is 4.69. The zero-order valence-corrected chi connectivity index (χ0v) is 17.4. The molecular weight excluding hydrogens is 406 g/mol. The van der Waals surface area contributed by atoms with Gasteiger partial charge in [0.25, 0.3) is 5.56 Å². The highest BCUT2D eigenvalue weighted by atomic mass is 16.5. The summed E-state index contributed by atoms with van der Waals surface area (Å²) in [6.07, 6.45) is 7.19. The molecule has 0 bridgehead atoms. The molecule has 0 fully saturated rings. The van der Waals surface area contributed by atoms with Crippen LogP contribution in [0.3, 0.4) is 0 Å². The second kappa shape index (κ2) is 8.62.